The Hall–Kier alpha value is -0.240. The molecule has 0 heterocycles. The van der Waals surface area contributed by atoms with Crippen LogP contribution in [0.15, 0.2) is 5.16 Å². The van der Waals surface area contributed by atoms with Crippen molar-refractivity contribution in [1.82, 2.24) is 0 Å². The Morgan fingerprint density at radius 1 is 1.71 bits per heavy atom. The van der Waals surface area contributed by atoms with E-state index in [1.165, 1.54) is 6.21 Å². The van der Waals surface area contributed by atoms with Gasteiger partial charge >= 0.3 is 0 Å². The van der Waals surface area contributed by atoms with Gasteiger partial charge in [0.25, 0.3) is 0 Å². The molecule has 0 aliphatic heterocycles. The fraction of sp³-hybridized carbons (Fsp3) is 0.750. The van der Waals surface area contributed by atoms with Crippen molar-refractivity contribution in [3.63, 3.8) is 0 Å². The van der Waals surface area contributed by atoms with E-state index in [9.17, 15) is 0 Å². The molecule has 0 aromatic rings. The molecule has 1 N–H and O–H groups in total. The molecule has 42 valence electrons. The molecule has 0 unspecified atom stereocenters. The molecule has 7 heavy (non-hydrogen) atoms. The average molecular weight is 122 g/mol. The Morgan fingerprint density at radius 3 is 2.86 bits per heavy atom. The smallest absolute Gasteiger partial charge is 0.0436 e. The van der Waals surface area contributed by atoms with Crippen LogP contribution >= 0.6 is 11.6 Å². The summed E-state index contributed by atoms with van der Waals surface area (Å²) in [7, 11) is 0. The molecule has 0 saturated heterocycles. The monoisotopic (exact) mass is 121 g/mol. The summed E-state index contributed by atoms with van der Waals surface area (Å²) in [4.78, 5) is 0. The second-order valence-corrected chi connectivity index (χ2v) is 1.51. The van der Waals surface area contributed by atoms with Gasteiger partial charge in [0.05, 0.1) is 0 Å². The average Bonchev–Trinajstić information content (AvgIpc) is 1.69. The Kier molecular flexibility index (Phi) is 5.56. The van der Waals surface area contributed by atoms with Gasteiger partial charge in [-0.05, 0) is 12.8 Å². The predicted octanol–water partition coefficient (Wildman–Crippen LogP) is 1.47. The van der Waals surface area contributed by atoms with Crippen LogP contribution in [0.3, 0.4) is 0 Å². The van der Waals surface area contributed by atoms with Crippen molar-refractivity contribution < 1.29 is 5.21 Å². The summed E-state index contributed by atoms with van der Waals surface area (Å²) in [6, 6.07) is 0. The molecule has 0 radical (unpaired) electrons. The van der Waals surface area contributed by atoms with Gasteiger partial charge < -0.3 is 5.21 Å². The van der Waals surface area contributed by atoms with E-state index in [2.05, 4.69) is 5.16 Å². The Labute approximate surface area is 47.8 Å². The minimum Gasteiger partial charge on any atom is -0.411 e. The van der Waals surface area contributed by atoms with Crippen molar-refractivity contribution in [2.24, 2.45) is 5.16 Å². The first kappa shape index (κ1) is 6.76. The van der Waals surface area contributed by atoms with Crippen LogP contribution in [0, 0.1) is 0 Å². The first-order chi connectivity index (χ1) is 3.41. The maximum atomic E-state index is 7.82. The lowest BCUT2D eigenvalue weighted by Crippen LogP contribution is -1.76. The molecule has 0 aliphatic carbocycles. The SMILES string of the molecule is O/N=C\CCCCl. The second kappa shape index (κ2) is 5.76. The standard InChI is InChI=1S/C4H8ClNO/c5-3-1-2-4-6-7/h4,7H,1-3H2/b6-4-. The molecule has 0 saturated carbocycles. The highest BCUT2D eigenvalue weighted by Crippen LogP contribution is 1.86. The fourth-order valence-corrected chi connectivity index (χ4v) is 0.380. The topological polar surface area (TPSA) is 32.6 Å². The summed E-state index contributed by atoms with van der Waals surface area (Å²) in [6.45, 7) is 0. The molecular formula is C4H8ClNO. The normalized spacial score (nSPS) is 10.4. The zero-order chi connectivity index (χ0) is 5.54. The number of unbranched alkanes of at least 4 members (excludes halogenated alkanes) is 1. The maximum absolute atomic E-state index is 7.82. The van der Waals surface area contributed by atoms with Crippen LogP contribution in [0.25, 0.3) is 0 Å². The van der Waals surface area contributed by atoms with Crippen molar-refractivity contribution >= 4 is 17.8 Å². The van der Waals surface area contributed by atoms with Gasteiger partial charge in [0.1, 0.15) is 0 Å². The first-order valence-corrected chi connectivity index (χ1v) is 2.67. The molecule has 0 rings (SSSR count). The van der Waals surface area contributed by atoms with Crippen molar-refractivity contribution in [2.45, 2.75) is 12.8 Å². The van der Waals surface area contributed by atoms with E-state index in [-0.39, 0.29) is 0 Å². The number of hydrogen-bond donors (Lipinski definition) is 1. The van der Waals surface area contributed by atoms with E-state index >= 15 is 0 Å². The minimum absolute atomic E-state index is 0.631. The molecule has 0 aromatic heterocycles. The van der Waals surface area contributed by atoms with Crippen LogP contribution in [0.4, 0.5) is 0 Å². The number of hydrogen-bond acceptors (Lipinski definition) is 2. The summed E-state index contributed by atoms with van der Waals surface area (Å²) >= 11 is 5.29. The van der Waals surface area contributed by atoms with E-state index in [0.29, 0.717) is 5.88 Å². The molecule has 0 aliphatic rings. The van der Waals surface area contributed by atoms with Crippen LogP contribution in [0.2, 0.25) is 0 Å². The maximum Gasteiger partial charge on any atom is 0.0436 e. The molecule has 0 spiro atoms. The summed E-state index contributed by atoms with van der Waals surface area (Å²) in [5, 5.41) is 10.6. The zero-order valence-corrected chi connectivity index (χ0v) is 4.73. The number of nitrogens with zero attached hydrogens (tertiary/aromatic N) is 1. The van der Waals surface area contributed by atoms with E-state index in [4.69, 9.17) is 16.8 Å². The summed E-state index contributed by atoms with van der Waals surface area (Å²) in [6.07, 6.45) is 3.08. The zero-order valence-electron chi connectivity index (χ0n) is 3.97. The van der Waals surface area contributed by atoms with Crippen LogP contribution in [0.5, 0.6) is 0 Å². The molecule has 0 aromatic carbocycles. The van der Waals surface area contributed by atoms with Crippen molar-refractivity contribution in [3.05, 3.63) is 0 Å². The lowest BCUT2D eigenvalue weighted by Gasteiger charge is -1.80. The van der Waals surface area contributed by atoms with Gasteiger partial charge in [-0.25, -0.2) is 0 Å². The van der Waals surface area contributed by atoms with Crippen LogP contribution in [-0.2, 0) is 0 Å². The highest BCUT2D eigenvalue weighted by atomic mass is 35.5. The highest BCUT2D eigenvalue weighted by molar-refractivity contribution is 6.17. The molecular weight excluding hydrogens is 114 g/mol. The predicted molar refractivity (Wildman–Crippen MR) is 30.2 cm³/mol. The third kappa shape index (κ3) is 5.76. The summed E-state index contributed by atoms with van der Waals surface area (Å²) in [5.41, 5.74) is 0. The number of alkyl halides is 1. The fourth-order valence-electron chi connectivity index (χ4n) is 0.226. The Bertz CT molecular complexity index is 55.7. The third-order valence-corrected chi connectivity index (χ3v) is 0.816. The van der Waals surface area contributed by atoms with Crippen LogP contribution in [-0.4, -0.2) is 17.3 Å². The van der Waals surface area contributed by atoms with Gasteiger partial charge in [-0.1, -0.05) is 0 Å². The van der Waals surface area contributed by atoms with E-state index in [1.807, 2.05) is 0 Å². The number of halogens is 1. The van der Waals surface area contributed by atoms with Gasteiger partial charge in [0.15, 0.2) is 0 Å². The van der Waals surface area contributed by atoms with Crippen LogP contribution < -0.4 is 0 Å². The summed E-state index contributed by atoms with van der Waals surface area (Å²) in [5.74, 6) is 0.631. The van der Waals surface area contributed by atoms with Gasteiger partial charge in [-0.15, -0.1) is 16.8 Å². The lowest BCUT2D eigenvalue weighted by molar-refractivity contribution is 0.320. The van der Waals surface area contributed by atoms with Crippen LogP contribution in [0.1, 0.15) is 12.8 Å². The molecule has 0 fully saturated rings. The molecule has 0 amide bonds. The second-order valence-electron chi connectivity index (χ2n) is 1.13. The third-order valence-electron chi connectivity index (χ3n) is 0.549. The lowest BCUT2D eigenvalue weighted by atomic mass is 10.4. The van der Waals surface area contributed by atoms with E-state index in [1.54, 1.807) is 0 Å². The molecule has 0 atom stereocenters. The molecule has 2 nitrogen and oxygen atoms in total. The quantitative estimate of drug-likeness (QED) is 0.198. The van der Waals surface area contributed by atoms with Gasteiger partial charge in [0, 0.05) is 12.1 Å². The summed E-state index contributed by atoms with van der Waals surface area (Å²) < 4.78 is 0. The Balaban J connectivity index is 2.69. The van der Waals surface area contributed by atoms with E-state index < -0.39 is 0 Å². The van der Waals surface area contributed by atoms with E-state index in [0.717, 1.165) is 12.8 Å². The van der Waals surface area contributed by atoms with Gasteiger partial charge in [-0.2, -0.15) is 0 Å². The van der Waals surface area contributed by atoms with Crippen molar-refractivity contribution in [2.75, 3.05) is 5.88 Å². The molecule has 3 heteroatoms. The Morgan fingerprint density at radius 2 is 2.43 bits per heavy atom. The van der Waals surface area contributed by atoms with Crippen molar-refractivity contribution in [1.29, 1.82) is 0 Å². The highest BCUT2D eigenvalue weighted by Gasteiger charge is 1.76. The number of rotatable bonds is 3. The van der Waals surface area contributed by atoms with Crippen molar-refractivity contribution in [3.8, 4) is 0 Å². The first-order valence-electron chi connectivity index (χ1n) is 2.13. The van der Waals surface area contributed by atoms with Gasteiger partial charge in [-0.3, -0.25) is 0 Å². The molecule has 0 bridgehead atoms. The minimum atomic E-state index is 0.631. The van der Waals surface area contributed by atoms with Gasteiger partial charge in [0.2, 0.25) is 0 Å². The largest absolute Gasteiger partial charge is 0.411 e. The number of oxime groups is 1.